The molecule has 1 aromatic carbocycles. The van der Waals surface area contributed by atoms with Crippen LogP contribution in [0.4, 0.5) is 0 Å². The topological polar surface area (TPSA) is 93.3 Å². The van der Waals surface area contributed by atoms with Gasteiger partial charge in [0.25, 0.3) is 0 Å². The number of H-pyrrole nitrogens is 1. The van der Waals surface area contributed by atoms with E-state index in [4.69, 9.17) is 14.9 Å². The van der Waals surface area contributed by atoms with Gasteiger partial charge in [-0.15, -0.1) is 0 Å². The van der Waals surface area contributed by atoms with Crippen molar-refractivity contribution in [3.8, 4) is 0 Å². The second-order valence-corrected chi connectivity index (χ2v) is 4.84. The van der Waals surface area contributed by atoms with Gasteiger partial charge in [-0.1, -0.05) is 6.07 Å². The highest BCUT2D eigenvalue weighted by Gasteiger charge is 2.18. The summed E-state index contributed by atoms with van der Waals surface area (Å²) in [6.07, 6.45) is 0.799. The van der Waals surface area contributed by atoms with Gasteiger partial charge in [0.05, 0.1) is 18.7 Å². The summed E-state index contributed by atoms with van der Waals surface area (Å²) in [5.74, 6) is -0.442. The van der Waals surface area contributed by atoms with Crippen molar-refractivity contribution in [3.63, 3.8) is 0 Å². The number of hydrogen-bond donors (Lipinski definition) is 3. The van der Waals surface area contributed by atoms with Crippen LogP contribution in [-0.2, 0) is 4.74 Å². The van der Waals surface area contributed by atoms with E-state index in [1.807, 2.05) is 12.1 Å². The van der Waals surface area contributed by atoms with Crippen molar-refractivity contribution in [2.45, 2.75) is 18.5 Å². The molecular weight excluding hydrogens is 246 g/mol. The molecule has 2 heterocycles. The van der Waals surface area contributed by atoms with Crippen LogP contribution in [0.2, 0.25) is 0 Å². The molecule has 0 bridgehead atoms. The number of benzene rings is 1. The molecule has 0 spiro atoms. The zero-order chi connectivity index (χ0) is 13.2. The molecule has 2 unspecified atom stereocenters. The maximum Gasteiger partial charge on any atom is 0.417 e. The average molecular weight is 263 g/mol. The number of nitrogens with one attached hydrogen (secondary N) is 2. The minimum absolute atomic E-state index is 0.0954. The van der Waals surface area contributed by atoms with E-state index >= 15 is 0 Å². The number of hydrogen-bond acceptors (Lipinski definition) is 5. The van der Waals surface area contributed by atoms with Crippen molar-refractivity contribution in [3.05, 3.63) is 34.3 Å². The van der Waals surface area contributed by atoms with Crippen LogP contribution in [0.1, 0.15) is 18.0 Å². The number of aromatic amines is 1. The molecule has 3 rings (SSSR count). The summed E-state index contributed by atoms with van der Waals surface area (Å²) < 4.78 is 10.4. The normalized spacial score (nSPS) is 21.6. The molecule has 2 aromatic rings. The lowest BCUT2D eigenvalue weighted by Gasteiger charge is -2.26. The van der Waals surface area contributed by atoms with Gasteiger partial charge in [-0.2, -0.15) is 0 Å². The predicted octanol–water partition coefficient (Wildman–Crippen LogP) is 0.499. The molecule has 102 valence electrons. The smallest absolute Gasteiger partial charge is 0.408 e. The Balaban J connectivity index is 1.76. The second kappa shape index (κ2) is 5.16. The Bertz CT molecular complexity index is 613. The highest BCUT2D eigenvalue weighted by atomic mass is 16.5. The molecule has 1 aliphatic heterocycles. The first-order chi connectivity index (χ1) is 9.22. The second-order valence-electron chi connectivity index (χ2n) is 4.84. The van der Waals surface area contributed by atoms with Crippen LogP contribution in [0.15, 0.2) is 27.4 Å². The van der Waals surface area contributed by atoms with E-state index < -0.39 is 5.76 Å². The lowest BCUT2D eigenvalue weighted by Crippen LogP contribution is -2.42. The zero-order valence-corrected chi connectivity index (χ0v) is 10.5. The Morgan fingerprint density at radius 2 is 2.37 bits per heavy atom. The third kappa shape index (κ3) is 2.70. The van der Waals surface area contributed by atoms with E-state index in [0.29, 0.717) is 17.7 Å². The summed E-state index contributed by atoms with van der Waals surface area (Å²) in [4.78, 5) is 13.7. The molecule has 4 N–H and O–H groups in total. The maximum absolute atomic E-state index is 11.1. The van der Waals surface area contributed by atoms with Crippen LogP contribution in [0.5, 0.6) is 0 Å². The predicted molar refractivity (Wildman–Crippen MR) is 71.0 cm³/mol. The van der Waals surface area contributed by atoms with Gasteiger partial charge in [-0.3, -0.25) is 4.98 Å². The Labute approximate surface area is 109 Å². The quantitative estimate of drug-likeness (QED) is 0.749. The number of rotatable bonds is 3. The third-order valence-electron chi connectivity index (χ3n) is 3.41. The summed E-state index contributed by atoms with van der Waals surface area (Å²) in [5.41, 5.74) is 8.43. The number of fused-ring (bicyclic) bond motifs is 1. The number of aromatic nitrogens is 1. The Hall–Kier alpha value is -1.63. The summed E-state index contributed by atoms with van der Waals surface area (Å²) in [5, 5.41) is 3.38. The van der Waals surface area contributed by atoms with Crippen LogP contribution >= 0.6 is 0 Å². The highest BCUT2D eigenvalue weighted by molar-refractivity contribution is 5.72. The van der Waals surface area contributed by atoms with Gasteiger partial charge >= 0.3 is 5.76 Å². The molecule has 1 saturated heterocycles. The summed E-state index contributed by atoms with van der Waals surface area (Å²) in [6, 6.07) is 5.72. The maximum atomic E-state index is 11.1. The van der Waals surface area contributed by atoms with Crippen LogP contribution in [0.25, 0.3) is 11.1 Å². The van der Waals surface area contributed by atoms with Crippen molar-refractivity contribution in [2.24, 2.45) is 5.73 Å². The molecule has 2 atom stereocenters. The van der Waals surface area contributed by atoms with Crippen molar-refractivity contribution in [1.29, 1.82) is 0 Å². The summed E-state index contributed by atoms with van der Waals surface area (Å²) in [6.45, 7) is 2.32. The molecule has 1 fully saturated rings. The molecule has 6 heteroatoms. The molecule has 0 saturated carbocycles. The van der Waals surface area contributed by atoms with E-state index in [2.05, 4.69) is 10.3 Å². The number of ether oxygens (including phenoxy) is 1. The van der Waals surface area contributed by atoms with Gasteiger partial charge < -0.3 is 20.2 Å². The number of oxazole rings is 1. The lowest BCUT2D eigenvalue weighted by molar-refractivity contribution is 0.0720. The minimum Gasteiger partial charge on any atom is -0.408 e. The standard InChI is InChI=1S/C13H17N3O3/c14-10(6-9-7-18-4-3-15-9)8-1-2-12-11(5-8)16-13(17)19-12/h1-2,5,9-10,15H,3-4,6-7,14H2,(H,16,17). The fourth-order valence-electron chi connectivity index (χ4n) is 2.41. The highest BCUT2D eigenvalue weighted by Crippen LogP contribution is 2.20. The van der Waals surface area contributed by atoms with Crippen LogP contribution < -0.4 is 16.8 Å². The van der Waals surface area contributed by atoms with Gasteiger partial charge in [0.2, 0.25) is 0 Å². The fourth-order valence-corrected chi connectivity index (χ4v) is 2.41. The monoisotopic (exact) mass is 263 g/mol. The average Bonchev–Trinajstić information content (AvgIpc) is 2.78. The molecule has 0 amide bonds. The number of nitrogens with two attached hydrogens (primary N) is 1. The third-order valence-corrected chi connectivity index (χ3v) is 3.41. The van der Waals surface area contributed by atoms with Crippen molar-refractivity contribution >= 4 is 11.1 Å². The number of morpholine rings is 1. The van der Waals surface area contributed by atoms with E-state index in [0.717, 1.165) is 25.1 Å². The Morgan fingerprint density at radius 3 is 3.16 bits per heavy atom. The molecule has 1 aliphatic rings. The van der Waals surface area contributed by atoms with Gasteiger partial charge in [0, 0.05) is 18.6 Å². The first kappa shape index (κ1) is 12.4. The van der Waals surface area contributed by atoms with Gasteiger partial charge in [-0.25, -0.2) is 4.79 Å². The zero-order valence-electron chi connectivity index (χ0n) is 10.5. The van der Waals surface area contributed by atoms with Crippen LogP contribution in [-0.4, -0.2) is 30.8 Å². The summed E-state index contributed by atoms with van der Waals surface area (Å²) in [7, 11) is 0. The SMILES string of the molecule is NC(CC1COCCN1)c1ccc2oc(=O)[nH]c2c1. The molecule has 19 heavy (non-hydrogen) atoms. The molecule has 0 aliphatic carbocycles. The first-order valence-corrected chi connectivity index (χ1v) is 6.42. The molecule has 0 radical (unpaired) electrons. The minimum atomic E-state index is -0.442. The molecular formula is C13H17N3O3. The largest absolute Gasteiger partial charge is 0.417 e. The van der Waals surface area contributed by atoms with Gasteiger partial charge in [-0.05, 0) is 24.1 Å². The Morgan fingerprint density at radius 1 is 1.47 bits per heavy atom. The van der Waals surface area contributed by atoms with Gasteiger partial charge in [0.1, 0.15) is 0 Å². The molecule has 6 nitrogen and oxygen atoms in total. The van der Waals surface area contributed by atoms with E-state index in [1.165, 1.54) is 0 Å². The Kier molecular flexibility index (Phi) is 3.37. The van der Waals surface area contributed by atoms with Gasteiger partial charge in [0.15, 0.2) is 5.58 Å². The lowest BCUT2D eigenvalue weighted by atomic mass is 9.99. The van der Waals surface area contributed by atoms with Crippen molar-refractivity contribution in [1.82, 2.24) is 10.3 Å². The molecule has 1 aromatic heterocycles. The summed E-state index contributed by atoms with van der Waals surface area (Å²) >= 11 is 0. The van der Waals surface area contributed by atoms with Crippen LogP contribution in [0, 0.1) is 0 Å². The van der Waals surface area contributed by atoms with Crippen molar-refractivity contribution < 1.29 is 9.15 Å². The van der Waals surface area contributed by atoms with E-state index in [9.17, 15) is 4.79 Å². The first-order valence-electron chi connectivity index (χ1n) is 6.42. The van der Waals surface area contributed by atoms with E-state index in [1.54, 1.807) is 6.07 Å². The van der Waals surface area contributed by atoms with Crippen molar-refractivity contribution in [2.75, 3.05) is 19.8 Å². The fraction of sp³-hybridized carbons (Fsp3) is 0.462. The van der Waals surface area contributed by atoms with E-state index in [-0.39, 0.29) is 12.1 Å². The van der Waals surface area contributed by atoms with Crippen LogP contribution in [0.3, 0.4) is 0 Å².